The van der Waals surface area contributed by atoms with Gasteiger partial charge >= 0.3 is 0 Å². The van der Waals surface area contributed by atoms with Crippen molar-refractivity contribution in [3.63, 3.8) is 0 Å². The summed E-state index contributed by atoms with van der Waals surface area (Å²) >= 11 is 1.10. The summed E-state index contributed by atoms with van der Waals surface area (Å²) in [6.07, 6.45) is 0. The number of nitrogens with zero attached hydrogens (tertiary/aromatic N) is 5. The number of nitrogens with one attached hydrogen (secondary N) is 1. The molecular weight excluding hydrogens is 254 g/mol. The molecule has 0 atom stereocenters. The number of aliphatic imine (C=N–C) groups is 1. The van der Waals surface area contributed by atoms with Crippen LogP contribution >= 0.6 is 11.8 Å². The molecule has 0 aliphatic rings. The Morgan fingerprint density at radius 1 is 1.33 bits per heavy atom. The number of thioether (sulfide) groups is 1. The van der Waals surface area contributed by atoms with Gasteiger partial charge in [-0.2, -0.15) is 19.9 Å². The Morgan fingerprint density at radius 2 is 2.00 bits per heavy atom. The standard InChI is InChI=1S/C8H15N9S/c1-17(2)8-14-4(13-6(11)16-8)3-18-7(12)15-5(9)10/h3H2,1-2H3,(H5,9,10,12,15)(H2,11,13,14,16). The first kappa shape index (κ1) is 14.0. The van der Waals surface area contributed by atoms with Crippen molar-refractivity contribution >= 4 is 34.8 Å². The van der Waals surface area contributed by atoms with Crippen LogP contribution in [0.15, 0.2) is 4.99 Å². The number of guanidine groups is 1. The van der Waals surface area contributed by atoms with Gasteiger partial charge in [0.1, 0.15) is 5.82 Å². The lowest BCUT2D eigenvalue weighted by Gasteiger charge is -2.10. The van der Waals surface area contributed by atoms with E-state index in [1.54, 1.807) is 19.0 Å². The highest BCUT2D eigenvalue weighted by Gasteiger charge is 2.07. The molecule has 0 aromatic carbocycles. The molecule has 1 heterocycles. The van der Waals surface area contributed by atoms with Crippen molar-refractivity contribution in [1.29, 1.82) is 5.41 Å². The molecule has 0 fully saturated rings. The number of hydrogen-bond donors (Lipinski definition) is 4. The van der Waals surface area contributed by atoms with E-state index in [9.17, 15) is 0 Å². The smallest absolute Gasteiger partial charge is 0.229 e. The van der Waals surface area contributed by atoms with Gasteiger partial charge in [0.15, 0.2) is 11.1 Å². The molecule has 0 aliphatic carbocycles. The number of amidine groups is 1. The van der Waals surface area contributed by atoms with Gasteiger partial charge in [0.05, 0.1) is 5.75 Å². The molecule has 0 unspecified atom stereocenters. The lowest BCUT2D eigenvalue weighted by atomic mass is 10.6. The number of rotatable bonds is 3. The van der Waals surface area contributed by atoms with E-state index in [4.69, 9.17) is 22.6 Å². The molecule has 0 saturated heterocycles. The summed E-state index contributed by atoms with van der Waals surface area (Å²) in [7, 11) is 3.60. The second-order valence-electron chi connectivity index (χ2n) is 3.43. The number of hydrogen-bond acceptors (Lipinski definition) is 7. The van der Waals surface area contributed by atoms with Crippen molar-refractivity contribution in [2.45, 2.75) is 5.75 Å². The predicted octanol–water partition coefficient (Wildman–Crippen LogP) is -1.04. The van der Waals surface area contributed by atoms with Crippen LogP contribution < -0.4 is 22.1 Å². The van der Waals surface area contributed by atoms with Gasteiger partial charge in [-0.05, 0) is 0 Å². The van der Waals surface area contributed by atoms with E-state index in [2.05, 4.69) is 19.9 Å². The van der Waals surface area contributed by atoms with Gasteiger partial charge in [-0.1, -0.05) is 11.8 Å². The fourth-order valence-corrected chi connectivity index (χ4v) is 1.54. The summed E-state index contributed by atoms with van der Waals surface area (Å²) in [6, 6.07) is 0. The first-order valence-electron chi connectivity index (χ1n) is 4.87. The van der Waals surface area contributed by atoms with E-state index in [0.717, 1.165) is 11.8 Å². The van der Waals surface area contributed by atoms with Gasteiger partial charge in [0.25, 0.3) is 0 Å². The molecule has 9 nitrogen and oxygen atoms in total. The normalized spacial score (nSPS) is 9.89. The summed E-state index contributed by atoms with van der Waals surface area (Å²) in [5.41, 5.74) is 15.9. The van der Waals surface area contributed by atoms with E-state index >= 15 is 0 Å². The van der Waals surface area contributed by atoms with E-state index in [0.29, 0.717) is 17.5 Å². The fraction of sp³-hybridized carbons (Fsp3) is 0.375. The molecule has 18 heavy (non-hydrogen) atoms. The molecule has 0 radical (unpaired) electrons. The number of aromatic nitrogens is 3. The van der Waals surface area contributed by atoms with Crippen molar-refractivity contribution in [2.75, 3.05) is 24.7 Å². The second-order valence-corrected chi connectivity index (χ2v) is 4.40. The van der Waals surface area contributed by atoms with Gasteiger partial charge in [0.2, 0.25) is 11.9 Å². The van der Waals surface area contributed by atoms with Gasteiger partial charge in [-0.15, -0.1) is 0 Å². The molecule has 0 amide bonds. The van der Waals surface area contributed by atoms with Crippen LogP contribution in [0, 0.1) is 5.41 Å². The van der Waals surface area contributed by atoms with Gasteiger partial charge < -0.3 is 22.1 Å². The van der Waals surface area contributed by atoms with Crippen molar-refractivity contribution < 1.29 is 0 Å². The molecule has 0 bridgehead atoms. The lowest BCUT2D eigenvalue weighted by molar-refractivity contribution is 0.920. The largest absolute Gasteiger partial charge is 0.370 e. The van der Waals surface area contributed by atoms with Crippen LogP contribution in [0.5, 0.6) is 0 Å². The third-order valence-corrected chi connectivity index (χ3v) is 2.42. The Bertz CT molecular complexity index is 466. The Balaban J connectivity index is 2.73. The third kappa shape index (κ3) is 4.41. The molecule has 0 saturated carbocycles. The van der Waals surface area contributed by atoms with E-state index in [1.807, 2.05) is 0 Å². The molecule has 1 rings (SSSR count). The van der Waals surface area contributed by atoms with Crippen molar-refractivity contribution in [2.24, 2.45) is 16.5 Å². The second kappa shape index (κ2) is 6.00. The Hall–Kier alpha value is -2.10. The zero-order valence-electron chi connectivity index (χ0n) is 10.1. The maximum Gasteiger partial charge on any atom is 0.229 e. The molecular formula is C8H15N9S. The van der Waals surface area contributed by atoms with Crippen LogP contribution in [-0.2, 0) is 5.75 Å². The Labute approximate surface area is 108 Å². The minimum Gasteiger partial charge on any atom is -0.370 e. The lowest BCUT2D eigenvalue weighted by Crippen LogP contribution is -2.23. The Morgan fingerprint density at radius 3 is 2.56 bits per heavy atom. The highest BCUT2D eigenvalue weighted by atomic mass is 32.2. The molecule has 0 spiro atoms. The van der Waals surface area contributed by atoms with Crippen LogP contribution in [-0.4, -0.2) is 40.2 Å². The minimum atomic E-state index is -0.156. The monoisotopic (exact) mass is 269 g/mol. The van der Waals surface area contributed by atoms with Crippen molar-refractivity contribution in [1.82, 2.24) is 15.0 Å². The number of anilines is 2. The summed E-state index contributed by atoms with van der Waals surface area (Å²) in [5, 5.41) is 7.45. The average Bonchev–Trinajstić information content (AvgIpc) is 2.24. The molecule has 10 heteroatoms. The van der Waals surface area contributed by atoms with E-state index < -0.39 is 0 Å². The molecule has 7 N–H and O–H groups in total. The van der Waals surface area contributed by atoms with Crippen LogP contribution in [0.1, 0.15) is 5.82 Å². The van der Waals surface area contributed by atoms with Gasteiger partial charge in [-0.25, -0.2) is 0 Å². The SMILES string of the molecule is CN(C)c1nc(N)nc(CSC(=N)N=C(N)N)n1. The number of nitrogens with two attached hydrogens (primary N) is 3. The maximum absolute atomic E-state index is 7.46. The minimum absolute atomic E-state index is 0.0135. The van der Waals surface area contributed by atoms with Gasteiger partial charge in [-0.3, -0.25) is 5.41 Å². The van der Waals surface area contributed by atoms with E-state index in [-0.39, 0.29) is 17.1 Å². The molecule has 1 aromatic rings. The highest BCUT2D eigenvalue weighted by molar-refractivity contribution is 8.13. The maximum atomic E-state index is 7.46. The van der Waals surface area contributed by atoms with Crippen molar-refractivity contribution in [3.05, 3.63) is 5.82 Å². The van der Waals surface area contributed by atoms with Crippen LogP contribution in [0.2, 0.25) is 0 Å². The topological polar surface area (TPSA) is 156 Å². The first-order chi connectivity index (χ1) is 8.38. The zero-order valence-corrected chi connectivity index (χ0v) is 10.9. The molecule has 1 aromatic heterocycles. The third-order valence-electron chi connectivity index (χ3n) is 1.66. The van der Waals surface area contributed by atoms with E-state index in [1.165, 1.54) is 0 Å². The first-order valence-corrected chi connectivity index (χ1v) is 5.85. The summed E-state index contributed by atoms with van der Waals surface area (Å²) in [5.74, 6) is 1.25. The quantitative estimate of drug-likeness (QED) is 0.400. The van der Waals surface area contributed by atoms with Crippen LogP contribution in [0.4, 0.5) is 11.9 Å². The highest BCUT2D eigenvalue weighted by Crippen LogP contribution is 2.13. The van der Waals surface area contributed by atoms with Crippen molar-refractivity contribution in [3.8, 4) is 0 Å². The van der Waals surface area contributed by atoms with Crippen LogP contribution in [0.25, 0.3) is 0 Å². The average molecular weight is 269 g/mol. The predicted molar refractivity (Wildman–Crippen MR) is 73.4 cm³/mol. The molecule has 98 valence electrons. The summed E-state index contributed by atoms with van der Waals surface area (Å²) < 4.78 is 0. The fourth-order valence-electron chi connectivity index (χ4n) is 0.972. The summed E-state index contributed by atoms with van der Waals surface area (Å²) in [4.78, 5) is 17.4. The molecule has 0 aliphatic heterocycles. The zero-order chi connectivity index (χ0) is 13.7. The Kier molecular flexibility index (Phi) is 4.66. The van der Waals surface area contributed by atoms with Gasteiger partial charge in [0, 0.05) is 14.1 Å². The number of nitrogen functional groups attached to an aromatic ring is 1. The summed E-state index contributed by atoms with van der Waals surface area (Å²) in [6.45, 7) is 0. The van der Waals surface area contributed by atoms with Crippen LogP contribution in [0.3, 0.4) is 0 Å².